The molecule has 2 aromatic rings. The van der Waals surface area contributed by atoms with Gasteiger partial charge in [0.2, 0.25) is 0 Å². The lowest BCUT2D eigenvalue weighted by molar-refractivity contribution is 0.290. The fourth-order valence-corrected chi connectivity index (χ4v) is 2.49. The highest BCUT2D eigenvalue weighted by Crippen LogP contribution is 2.27. The Labute approximate surface area is 130 Å². The van der Waals surface area contributed by atoms with E-state index >= 15 is 0 Å². The molecule has 21 heavy (non-hydrogen) atoms. The first kappa shape index (κ1) is 14.4. The van der Waals surface area contributed by atoms with Crippen molar-refractivity contribution in [2.45, 2.75) is 45.5 Å². The van der Waals surface area contributed by atoms with E-state index in [0.29, 0.717) is 23.4 Å². The number of nitrogens with zero attached hydrogens (tertiary/aromatic N) is 2. The number of nitrogens with one attached hydrogen (secondary N) is 1. The Balaban J connectivity index is 1.59. The molecule has 0 saturated heterocycles. The Hall–Kier alpha value is -1.52. The third-order valence-electron chi connectivity index (χ3n) is 3.67. The highest BCUT2D eigenvalue weighted by molar-refractivity contribution is 6.32. The normalized spacial score (nSPS) is 14.4. The van der Waals surface area contributed by atoms with Crippen molar-refractivity contribution in [1.29, 1.82) is 0 Å². The van der Waals surface area contributed by atoms with Crippen molar-refractivity contribution in [3.63, 3.8) is 0 Å². The van der Waals surface area contributed by atoms with Gasteiger partial charge < -0.3 is 14.6 Å². The maximum atomic E-state index is 6.29. The standard InChI is InChI=1S/C16H20ClN3O/c1-2-20-8-7-18-16(20)11-21-15-6-3-12(9-14(15)17)10-19-13-4-5-13/h3,6-9,13,19H,2,4-5,10-11H2,1H3. The van der Waals surface area contributed by atoms with Gasteiger partial charge in [0.05, 0.1) is 5.02 Å². The van der Waals surface area contributed by atoms with E-state index in [1.165, 1.54) is 18.4 Å². The van der Waals surface area contributed by atoms with Crippen molar-refractivity contribution >= 4 is 11.6 Å². The minimum Gasteiger partial charge on any atom is -0.484 e. The highest BCUT2D eigenvalue weighted by atomic mass is 35.5. The molecule has 1 saturated carbocycles. The second-order valence-corrected chi connectivity index (χ2v) is 5.75. The summed E-state index contributed by atoms with van der Waals surface area (Å²) in [6.45, 7) is 4.27. The molecule has 112 valence electrons. The van der Waals surface area contributed by atoms with Crippen molar-refractivity contribution in [1.82, 2.24) is 14.9 Å². The van der Waals surface area contributed by atoms with Gasteiger partial charge in [-0.15, -0.1) is 0 Å². The molecular weight excluding hydrogens is 286 g/mol. The summed E-state index contributed by atoms with van der Waals surface area (Å²) in [5, 5.41) is 4.13. The third kappa shape index (κ3) is 3.77. The summed E-state index contributed by atoms with van der Waals surface area (Å²) in [6, 6.07) is 6.67. The number of ether oxygens (including phenoxy) is 1. The van der Waals surface area contributed by atoms with Crippen molar-refractivity contribution in [2.75, 3.05) is 0 Å². The molecule has 1 aliphatic carbocycles. The van der Waals surface area contributed by atoms with Gasteiger partial charge in [0.25, 0.3) is 0 Å². The number of aromatic nitrogens is 2. The van der Waals surface area contributed by atoms with Crippen LogP contribution in [0, 0.1) is 0 Å². The van der Waals surface area contributed by atoms with Gasteiger partial charge in [-0.25, -0.2) is 4.98 Å². The molecular formula is C16H20ClN3O. The van der Waals surface area contributed by atoms with Crippen molar-refractivity contribution < 1.29 is 4.74 Å². The van der Waals surface area contributed by atoms with E-state index in [9.17, 15) is 0 Å². The van der Waals surface area contributed by atoms with Crippen LogP contribution in [-0.4, -0.2) is 15.6 Å². The molecule has 1 fully saturated rings. The Morgan fingerprint density at radius 3 is 3.00 bits per heavy atom. The number of rotatable bonds is 7. The minimum absolute atomic E-state index is 0.431. The maximum Gasteiger partial charge on any atom is 0.146 e. The average molecular weight is 306 g/mol. The Morgan fingerprint density at radius 2 is 2.29 bits per heavy atom. The van der Waals surface area contributed by atoms with E-state index in [1.807, 2.05) is 18.3 Å². The predicted molar refractivity (Wildman–Crippen MR) is 83.5 cm³/mol. The van der Waals surface area contributed by atoms with E-state index in [4.69, 9.17) is 16.3 Å². The van der Waals surface area contributed by atoms with E-state index < -0.39 is 0 Å². The average Bonchev–Trinajstić information content (AvgIpc) is 3.21. The van der Waals surface area contributed by atoms with Gasteiger partial charge in [-0.3, -0.25) is 0 Å². The van der Waals surface area contributed by atoms with Gasteiger partial charge in [-0.2, -0.15) is 0 Å². The first-order valence-electron chi connectivity index (χ1n) is 7.41. The van der Waals surface area contributed by atoms with Gasteiger partial charge >= 0.3 is 0 Å². The molecule has 0 atom stereocenters. The van der Waals surface area contributed by atoms with Crippen LogP contribution in [0.15, 0.2) is 30.6 Å². The molecule has 3 rings (SSSR count). The Kier molecular flexibility index (Phi) is 4.46. The molecule has 4 nitrogen and oxygen atoms in total. The summed E-state index contributed by atoms with van der Waals surface area (Å²) in [6.07, 6.45) is 6.32. The predicted octanol–water partition coefficient (Wildman–Crippen LogP) is 3.39. The Bertz CT molecular complexity index is 607. The molecule has 1 aromatic heterocycles. The third-order valence-corrected chi connectivity index (χ3v) is 3.96. The van der Waals surface area contributed by atoms with Crippen LogP contribution in [0.1, 0.15) is 31.2 Å². The number of imidazole rings is 1. The van der Waals surface area contributed by atoms with Crippen LogP contribution in [0.5, 0.6) is 5.75 Å². The first-order chi connectivity index (χ1) is 10.3. The number of benzene rings is 1. The molecule has 1 heterocycles. The van der Waals surface area contributed by atoms with Gasteiger partial charge in [-0.05, 0) is 37.5 Å². The smallest absolute Gasteiger partial charge is 0.146 e. The summed E-state index contributed by atoms with van der Waals surface area (Å²) in [4.78, 5) is 4.29. The lowest BCUT2D eigenvalue weighted by Crippen LogP contribution is -2.15. The van der Waals surface area contributed by atoms with E-state index in [2.05, 4.69) is 27.9 Å². The fraction of sp³-hybridized carbons (Fsp3) is 0.438. The molecule has 0 spiro atoms. The quantitative estimate of drug-likeness (QED) is 0.852. The number of hydrogen-bond donors (Lipinski definition) is 1. The summed E-state index contributed by atoms with van der Waals surface area (Å²) >= 11 is 6.29. The lowest BCUT2D eigenvalue weighted by Gasteiger charge is -2.10. The van der Waals surface area contributed by atoms with E-state index in [0.717, 1.165) is 18.9 Å². The topological polar surface area (TPSA) is 39.1 Å². The van der Waals surface area contributed by atoms with Crippen LogP contribution in [-0.2, 0) is 19.7 Å². The molecule has 0 amide bonds. The van der Waals surface area contributed by atoms with Crippen LogP contribution >= 0.6 is 11.6 Å². The van der Waals surface area contributed by atoms with Crippen LogP contribution in [0.4, 0.5) is 0 Å². The summed E-state index contributed by atoms with van der Waals surface area (Å²) in [5.74, 6) is 1.62. The zero-order chi connectivity index (χ0) is 14.7. The Morgan fingerprint density at radius 1 is 1.43 bits per heavy atom. The first-order valence-corrected chi connectivity index (χ1v) is 7.78. The number of aryl methyl sites for hydroxylation is 1. The molecule has 5 heteroatoms. The minimum atomic E-state index is 0.431. The molecule has 0 unspecified atom stereocenters. The molecule has 1 aliphatic rings. The summed E-state index contributed by atoms with van der Waals surface area (Å²) in [7, 11) is 0. The molecule has 1 aromatic carbocycles. The van der Waals surface area contributed by atoms with Gasteiger partial charge in [0, 0.05) is 31.5 Å². The second-order valence-electron chi connectivity index (χ2n) is 5.34. The summed E-state index contributed by atoms with van der Waals surface area (Å²) < 4.78 is 7.84. The molecule has 0 aliphatic heterocycles. The van der Waals surface area contributed by atoms with Crippen molar-refractivity contribution in [3.05, 3.63) is 47.0 Å². The SMILES string of the molecule is CCn1ccnc1COc1ccc(CNC2CC2)cc1Cl. The van der Waals surface area contributed by atoms with Crippen LogP contribution in [0.3, 0.4) is 0 Å². The highest BCUT2D eigenvalue weighted by Gasteiger charge is 2.20. The molecule has 0 bridgehead atoms. The lowest BCUT2D eigenvalue weighted by atomic mass is 10.2. The van der Waals surface area contributed by atoms with Gasteiger partial charge in [0.1, 0.15) is 18.2 Å². The summed E-state index contributed by atoms with van der Waals surface area (Å²) in [5.41, 5.74) is 1.19. The monoisotopic (exact) mass is 305 g/mol. The second kappa shape index (κ2) is 6.50. The van der Waals surface area contributed by atoms with Crippen LogP contribution in [0.2, 0.25) is 5.02 Å². The van der Waals surface area contributed by atoms with Gasteiger partial charge in [-0.1, -0.05) is 17.7 Å². The van der Waals surface area contributed by atoms with Crippen LogP contribution in [0.25, 0.3) is 0 Å². The van der Waals surface area contributed by atoms with E-state index in [1.54, 1.807) is 6.20 Å². The largest absolute Gasteiger partial charge is 0.484 e. The van der Waals surface area contributed by atoms with E-state index in [-0.39, 0.29) is 0 Å². The maximum absolute atomic E-state index is 6.29. The van der Waals surface area contributed by atoms with Crippen molar-refractivity contribution in [2.24, 2.45) is 0 Å². The zero-order valence-electron chi connectivity index (χ0n) is 12.2. The fourth-order valence-electron chi connectivity index (χ4n) is 2.23. The zero-order valence-corrected chi connectivity index (χ0v) is 12.9. The van der Waals surface area contributed by atoms with Gasteiger partial charge in [0.15, 0.2) is 0 Å². The molecule has 0 radical (unpaired) electrons. The number of hydrogen-bond acceptors (Lipinski definition) is 3. The van der Waals surface area contributed by atoms with Crippen LogP contribution < -0.4 is 10.1 Å². The van der Waals surface area contributed by atoms with Crippen molar-refractivity contribution in [3.8, 4) is 5.75 Å². The molecule has 1 N–H and O–H groups in total. The number of halogens is 1.